The van der Waals surface area contributed by atoms with Gasteiger partial charge in [-0.3, -0.25) is 9.59 Å². The molecule has 0 aliphatic heterocycles. The third kappa shape index (κ3) is 3.29. The first-order valence-corrected chi connectivity index (χ1v) is 7.67. The minimum absolute atomic E-state index is 0.212. The van der Waals surface area contributed by atoms with Gasteiger partial charge in [-0.05, 0) is 17.7 Å². The predicted octanol–water partition coefficient (Wildman–Crippen LogP) is 2.36. The van der Waals surface area contributed by atoms with E-state index < -0.39 is 17.9 Å². The van der Waals surface area contributed by atoms with E-state index in [0.717, 1.165) is 0 Å². The van der Waals surface area contributed by atoms with Gasteiger partial charge in [0.15, 0.2) is 10.8 Å². The summed E-state index contributed by atoms with van der Waals surface area (Å²) in [5.41, 5.74) is 6.22. The van der Waals surface area contributed by atoms with Gasteiger partial charge in [-0.1, -0.05) is 30.3 Å². The van der Waals surface area contributed by atoms with E-state index >= 15 is 0 Å². The number of nitrogens with zero attached hydrogens (tertiary/aromatic N) is 1. The van der Waals surface area contributed by atoms with Gasteiger partial charge in [-0.25, -0.2) is 4.98 Å². The fourth-order valence-corrected chi connectivity index (χ4v) is 2.83. The fourth-order valence-electron chi connectivity index (χ4n) is 2.06. The standard InChI is InChI=1S/C16H13N3O3S/c17-14(20)13(10-5-2-1-3-6-10)19-15(21)11-9-23-16(18-11)12-7-4-8-22-12/h1-9,13H,(H2,17,20)(H,19,21)/t13-/m1/s1. The third-order valence-electron chi connectivity index (χ3n) is 3.16. The number of benzene rings is 1. The summed E-state index contributed by atoms with van der Waals surface area (Å²) >= 11 is 1.29. The average molecular weight is 327 g/mol. The van der Waals surface area contributed by atoms with Crippen LogP contribution in [0.3, 0.4) is 0 Å². The van der Waals surface area contributed by atoms with E-state index in [2.05, 4.69) is 10.3 Å². The summed E-state index contributed by atoms with van der Waals surface area (Å²) < 4.78 is 5.24. The molecule has 2 heterocycles. The third-order valence-corrected chi connectivity index (χ3v) is 4.02. The van der Waals surface area contributed by atoms with E-state index in [4.69, 9.17) is 10.2 Å². The Bertz CT molecular complexity index is 812. The molecule has 3 aromatic rings. The zero-order chi connectivity index (χ0) is 16.2. The molecule has 0 radical (unpaired) electrons. The van der Waals surface area contributed by atoms with Crippen molar-refractivity contribution in [3.63, 3.8) is 0 Å². The van der Waals surface area contributed by atoms with Crippen molar-refractivity contribution in [2.24, 2.45) is 5.73 Å². The summed E-state index contributed by atoms with van der Waals surface area (Å²) in [7, 11) is 0. The number of carbonyl (C=O) groups excluding carboxylic acids is 2. The number of amides is 2. The number of nitrogens with one attached hydrogen (secondary N) is 1. The van der Waals surface area contributed by atoms with Crippen molar-refractivity contribution in [2.45, 2.75) is 6.04 Å². The molecule has 0 aliphatic carbocycles. The SMILES string of the molecule is NC(=O)[C@H](NC(=O)c1csc(-c2ccco2)n1)c1ccccc1. The van der Waals surface area contributed by atoms with Crippen LogP contribution < -0.4 is 11.1 Å². The molecule has 23 heavy (non-hydrogen) atoms. The highest BCUT2D eigenvalue weighted by atomic mass is 32.1. The van der Waals surface area contributed by atoms with Crippen LogP contribution in [-0.4, -0.2) is 16.8 Å². The van der Waals surface area contributed by atoms with Crippen molar-refractivity contribution in [3.05, 3.63) is 65.4 Å². The molecule has 6 nitrogen and oxygen atoms in total. The Labute approximate surface area is 136 Å². The molecule has 1 atom stereocenters. The molecule has 3 rings (SSSR count). The van der Waals surface area contributed by atoms with E-state index in [9.17, 15) is 9.59 Å². The summed E-state index contributed by atoms with van der Waals surface area (Å²) in [6, 6.07) is 11.4. The largest absolute Gasteiger partial charge is 0.462 e. The highest BCUT2D eigenvalue weighted by molar-refractivity contribution is 7.13. The van der Waals surface area contributed by atoms with Gasteiger partial charge in [-0.2, -0.15) is 0 Å². The molecule has 3 N–H and O–H groups in total. The molecule has 0 saturated carbocycles. The normalized spacial score (nSPS) is 11.8. The van der Waals surface area contributed by atoms with E-state index in [1.807, 2.05) is 6.07 Å². The van der Waals surface area contributed by atoms with Gasteiger partial charge < -0.3 is 15.5 Å². The van der Waals surface area contributed by atoms with Crippen molar-refractivity contribution in [1.29, 1.82) is 0 Å². The van der Waals surface area contributed by atoms with Gasteiger partial charge in [0, 0.05) is 5.38 Å². The molecule has 0 bridgehead atoms. The molecule has 0 unspecified atom stereocenters. The summed E-state index contributed by atoms with van der Waals surface area (Å²) in [5, 5.41) is 4.81. The van der Waals surface area contributed by atoms with Crippen molar-refractivity contribution in [2.75, 3.05) is 0 Å². The van der Waals surface area contributed by atoms with Crippen LogP contribution in [0.4, 0.5) is 0 Å². The van der Waals surface area contributed by atoms with Crippen molar-refractivity contribution >= 4 is 23.2 Å². The molecule has 0 fully saturated rings. The highest BCUT2D eigenvalue weighted by Gasteiger charge is 2.22. The molecule has 2 amide bonds. The number of carbonyl (C=O) groups is 2. The summed E-state index contributed by atoms with van der Waals surface area (Å²) in [6.07, 6.45) is 1.54. The number of nitrogens with two attached hydrogens (primary N) is 1. The summed E-state index contributed by atoms with van der Waals surface area (Å²) in [4.78, 5) is 28.2. The Morgan fingerprint density at radius 2 is 1.96 bits per heavy atom. The van der Waals surface area contributed by atoms with Crippen LogP contribution in [0.5, 0.6) is 0 Å². The van der Waals surface area contributed by atoms with Crippen LogP contribution in [0.2, 0.25) is 0 Å². The van der Waals surface area contributed by atoms with Crippen molar-refractivity contribution < 1.29 is 14.0 Å². The lowest BCUT2D eigenvalue weighted by atomic mass is 10.1. The minimum Gasteiger partial charge on any atom is -0.462 e. The quantitative estimate of drug-likeness (QED) is 0.751. The lowest BCUT2D eigenvalue weighted by Crippen LogP contribution is -2.37. The van der Waals surface area contributed by atoms with Crippen molar-refractivity contribution in [3.8, 4) is 10.8 Å². The zero-order valence-electron chi connectivity index (χ0n) is 11.9. The Morgan fingerprint density at radius 3 is 2.61 bits per heavy atom. The highest BCUT2D eigenvalue weighted by Crippen LogP contribution is 2.24. The Hall–Kier alpha value is -2.93. The average Bonchev–Trinajstić information content (AvgIpc) is 3.23. The molecule has 7 heteroatoms. The van der Waals surface area contributed by atoms with Crippen LogP contribution >= 0.6 is 11.3 Å². The Morgan fingerprint density at radius 1 is 1.17 bits per heavy atom. The number of primary amides is 1. The van der Waals surface area contributed by atoms with Crippen LogP contribution in [0.1, 0.15) is 22.1 Å². The second kappa shape index (κ2) is 6.45. The molecule has 116 valence electrons. The lowest BCUT2D eigenvalue weighted by molar-refractivity contribution is -0.120. The second-order valence-electron chi connectivity index (χ2n) is 4.73. The molecular formula is C16H13N3O3S. The van der Waals surface area contributed by atoms with Crippen LogP contribution in [0.15, 0.2) is 58.5 Å². The van der Waals surface area contributed by atoms with Gasteiger partial charge in [0.2, 0.25) is 5.91 Å². The topological polar surface area (TPSA) is 98.2 Å². The van der Waals surface area contributed by atoms with Gasteiger partial charge in [0.1, 0.15) is 11.7 Å². The molecule has 0 spiro atoms. The number of furan rings is 1. The Kier molecular flexibility index (Phi) is 4.20. The molecular weight excluding hydrogens is 314 g/mol. The van der Waals surface area contributed by atoms with Crippen LogP contribution in [0.25, 0.3) is 10.8 Å². The minimum atomic E-state index is -0.905. The summed E-state index contributed by atoms with van der Waals surface area (Å²) in [6.45, 7) is 0. The number of aromatic nitrogens is 1. The molecule has 0 aliphatic rings. The monoisotopic (exact) mass is 327 g/mol. The van der Waals surface area contributed by atoms with Gasteiger partial charge >= 0.3 is 0 Å². The first kappa shape index (κ1) is 15.0. The number of hydrogen-bond acceptors (Lipinski definition) is 5. The van der Waals surface area contributed by atoms with E-state index in [-0.39, 0.29) is 5.69 Å². The number of thiazole rings is 1. The maximum atomic E-state index is 12.3. The van der Waals surface area contributed by atoms with E-state index in [0.29, 0.717) is 16.3 Å². The fraction of sp³-hybridized carbons (Fsp3) is 0.0625. The van der Waals surface area contributed by atoms with Crippen LogP contribution in [-0.2, 0) is 4.79 Å². The lowest BCUT2D eigenvalue weighted by Gasteiger charge is -2.14. The number of rotatable bonds is 5. The zero-order valence-corrected chi connectivity index (χ0v) is 12.7. The molecule has 0 saturated heterocycles. The summed E-state index contributed by atoms with van der Waals surface area (Å²) in [5.74, 6) is -0.513. The molecule has 1 aromatic carbocycles. The van der Waals surface area contributed by atoms with Gasteiger partial charge in [0.25, 0.3) is 5.91 Å². The Balaban J connectivity index is 1.79. The van der Waals surface area contributed by atoms with Gasteiger partial charge in [-0.15, -0.1) is 11.3 Å². The predicted molar refractivity (Wildman–Crippen MR) is 85.7 cm³/mol. The van der Waals surface area contributed by atoms with Crippen LogP contribution in [0, 0.1) is 0 Å². The smallest absolute Gasteiger partial charge is 0.271 e. The van der Waals surface area contributed by atoms with E-state index in [1.54, 1.807) is 41.8 Å². The van der Waals surface area contributed by atoms with E-state index in [1.165, 1.54) is 17.6 Å². The second-order valence-corrected chi connectivity index (χ2v) is 5.59. The maximum Gasteiger partial charge on any atom is 0.271 e. The van der Waals surface area contributed by atoms with Gasteiger partial charge in [0.05, 0.1) is 6.26 Å². The number of hydrogen-bond donors (Lipinski definition) is 2. The molecule has 2 aromatic heterocycles. The maximum absolute atomic E-state index is 12.3. The first-order valence-electron chi connectivity index (χ1n) is 6.79. The first-order chi connectivity index (χ1) is 11.1. The van der Waals surface area contributed by atoms with Crippen molar-refractivity contribution in [1.82, 2.24) is 10.3 Å².